The molecule has 0 unspecified atom stereocenters. The summed E-state index contributed by atoms with van der Waals surface area (Å²) in [5.41, 5.74) is 0. The van der Waals surface area contributed by atoms with Crippen LogP contribution in [0, 0.1) is 0 Å². The summed E-state index contributed by atoms with van der Waals surface area (Å²) in [5, 5.41) is 0. The van der Waals surface area contributed by atoms with Crippen LogP contribution in [0.5, 0.6) is 0 Å². The Labute approximate surface area is 143 Å². The molecule has 24 heavy (non-hydrogen) atoms. The molecule has 0 spiro atoms. The van der Waals surface area contributed by atoms with E-state index < -0.39 is 10.0 Å². The number of sulfonamides is 1. The zero-order valence-electron chi connectivity index (χ0n) is 14.1. The van der Waals surface area contributed by atoms with Gasteiger partial charge in [0.05, 0.1) is 19.0 Å². The lowest BCUT2D eigenvalue weighted by atomic mass is 10.3. The van der Waals surface area contributed by atoms with Gasteiger partial charge in [-0.3, -0.25) is 0 Å². The number of anilines is 2. The molecule has 0 N–H and O–H groups in total. The summed E-state index contributed by atoms with van der Waals surface area (Å²) in [4.78, 5) is 13.1. The zero-order valence-corrected chi connectivity index (χ0v) is 14.9. The molecule has 0 saturated carbocycles. The van der Waals surface area contributed by atoms with Gasteiger partial charge in [-0.15, -0.1) is 0 Å². The number of aromatic nitrogens is 2. The molecular formula is C15H25N5O3S. The van der Waals surface area contributed by atoms with Gasteiger partial charge in [-0.25, -0.2) is 18.4 Å². The molecule has 2 aliphatic rings. The highest BCUT2D eigenvalue weighted by Gasteiger charge is 2.27. The molecule has 0 bridgehead atoms. The minimum absolute atomic E-state index is 0.224. The van der Waals surface area contributed by atoms with Crippen molar-refractivity contribution in [3.8, 4) is 0 Å². The third-order valence-corrected chi connectivity index (χ3v) is 6.47. The van der Waals surface area contributed by atoms with E-state index in [1.165, 1.54) is 0 Å². The number of piperazine rings is 1. The monoisotopic (exact) mass is 355 g/mol. The maximum atomic E-state index is 12.2. The highest BCUT2D eigenvalue weighted by molar-refractivity contribution is 7.89. The van der Waals surface area contributed by atoms with Crippen molar-refractivity contribution in [2.45, 2.75) is 13.3 Å². The SMILES string of the molecule is CCCS(=O)(=O)N1CCN(c2cc(N3CCOCC3)ncn2)CC1. The van der Waals surface area contributed by atoms with Crippen LogP contribution in [0.2, 0.25) is 0 Å². The van der Waals surface area contributed by atoms with Gasteiger partial charge < -0.3 is 14.5 Å². The molecule has 9 heteroatoms. The van der Waals surface area contributed by atoms with Crippen molar-refractivity contribution in [3.05, 3.63) is 12.4 Å². The third kappa shape index (κ3) is 3.96. The molecule has 0 aliphatic carbocycles. The largest absolute Gasteiger partial charge is 0.378 e. The van der Waals surface area contributed by atoms with Gasteiger partial charge in [-0.1, -0.05) is 6.92 Å². The number of hydrogen-bond donors (Lipinski definition) is 0. The first kappa shape index (κ1) is 17.4. The summed E-state index contributed by atoms with van der Waals surface area (Å²) in [5.74, 6) is 1.99. The predicted molar refractivity (Wildman–Crippen MR) is 92.9 cm³/mol. The molecule has 0 atom stereocenters. The van der Waals surface area contributed by atoms with Crippen molar-refractivity contribution < 1.29 is 13.2 Å². The Morgan fingerprint density at radius 2 is 1.58 bits per heavy atom. The summed E-state index contributed by atoms with van der Waals surface area (Å²) in [6, 6.07) is 1.99. The second-order valence-corrected chi connectivity index (χ2v) is 8.12. The van der Waals surface area contributed by atoms with E-state index in [4.69, 9.17) is 4.74 Å². The van der Waals surface area contributed by atoms with E-state index in [9.17, 15) is 8.42 Å². The number of rotatable bonds is 5. The van der Waals surface area contributed by atoms with Gasteiger partial charge in [0.25, 0.3) is 0 Å². The van der Waals surface area contributed by atoms with E-state index in [-0.39, 0.29) is 5.75 Å². The normalized spacial score (nSPS) is 20.4. The molecule has 2 saturated heterocycles. The molecule has 0 radical (unpaired) electrons. The predicted octanol–water partition coefficient (Wildman–Crippen LogP) is 0.175. The van der Waals surface area contributed by atoms with Crippen LogP contribution in [0.4, 0.5) is 11.6 Å². The number of hydrogen-bond acceptors (Lipinski definition) is 7. The zero-order chi connectivity index (χ0) is 17.0. The van der Waals surface area contributed by atoms with Crippen LogP contribution in [0.3, 0.4) is 0 Å². The second kappa shape index (κ2) is 7.62. The fourth-order valence-electron chi connectivity index (χ4n) is 3.06. The molecule has 2 fully saturated rings. The first-order chi connectivity index (χ1) is 11.6. The molecule has 1 aromatic rings. The van der Waals surface area contributed by atoms with E-state index in [1.807, 2.05) is 13.0 Å². The molecule has 2 aliphatic heterocycles. The fourth-order valence-corrected chi connectivity index (χ4v) is 4.55. The smallest absolute Gasteiger partial charge is 0.214 e. The van der Waals surface area contributed by atoms with Gasteiger partial charge in [0, 0.05) is 45.3 Å². The lowest BCUT2D eigenvalue weighted by molar-refractivity contribution is 0.122. The Morgan fingerprint density at radius 3 is 2.17 bits per heavy atom. The van der Waals surface area contributed by atoms with E-state index in [0.29, 0.717) is 45.8 Å². The molecule has 3 rings (SSSR count). The molecule has 134 valence electrons. The molecule has 3 heterocycles. The van der Waals surface area contributed by atoms with Gasteiger partial charge in [-0.2, -0.15) is 4.31 Å². The summed E-state index contributed by atoms with van der Waals surface area (Å²) in [7, 11) is -3.11. The van der Waals surface area contributed by atoms with E-state index in [0.717, 1.165) is 24.7 Å². The topological polar surface area (TPSA) is 78.9 Å². The Bertz CT molecular complexity index is 640. The van der Waals surface area contributed by atoms with Crippen molar-refractivity contribution >= 4 is 21.7 Å². The Balaban J connectivity index is 1.64. The fraction of sp³-hybridized carbons (Fsp3) is 0.733. The van der Waals surface area contributed by atoms with Crippen LogP contribution >= 0.6 is 0 Å². The summed E-state index contributed by atoms with van der Waals surface area (Å²) in [6.45, 7) is 7.32. The van der Waals surface area contributed by atoms with Crippen LogP contribution < -0.4 is 9.80 Å². The van der Waals surface area contributed by atoms with Crippen molar-refractivity contribution in [2.75, 3.05) is 68.0 Å². The maximum absolute atomic E-state index is 12.2. The van der Waals surface area contributed by atoms with Gasteiger partial charge >= 0.3 is 0 Å². The van der Waals surface area contributed by atoms with Crippen LogP contribution in [-0.2, 0) is 14.8 Å². The average Bonchev–Trinajstić information content (AvgIpc) is 2.63. The van der Waals surface area contributed by atoms with Gasteiger partial charge in [0.15, 0.2) is 0 Å². The Morgan fingerprint density at radius 1 is 1.00 bits per heavy atom. The molecule has 1 aromatic heterocycles. The second-order valence-electron chi connectivity index (χ2n) is 6.04. The van der Waals surface area contributed by atoms with Gasteiger partial charge in [0.2, 0.25) is 10.0 Å². The molecule has 0 aromatic carbocycles. The summed E-state index contributed by atoms with van der Waals surface area (Å²) < 4.78 is 31.3. The molecule has 0 amide bonds. The number of morpholine rings is 1. The first-order valence-corrected chi connectivity index (χ1v) is 10.1. The highest BCUT2D eigenvalue weighted by atomic mass is 32.2. The lowest BCUT2D eigenvalue weighted by Crippen LogP contribution is -2.49. The summed E-state index contributed by atoms with van der Waals surface area (Å²) >= 11 is 0. The average molecular weight is 355 g/mol. The standard InChI is InChI=1S/C15H25N5O3S/c1-2-11-24(21,22)20-5-3-18(4-6-20)14-12-15(17-13-16-14)19-7-9-23-10-8-19/h12-13H,2-11H2,1H3. The van der Waals surface area contributed by atoms with E-state index in [2.05, 4.69) is 19.8 Å². The maximum Gasteiger partial charge on any atom is 0.214 e. The van der Waals surface area contributed by atoms with Crippen LogP contribution in [0.15, 0.2) is 12.4 Å². The van der Waals surface area contributed by atoms with Crippen LogP contribution in [0.25, 0.3) is 0 Å². The number of ether oxygens (including phenoxy) is 1. The minimum atomic E-state index is -3.11. The molecular weight excluding hydrogens is 330 g/mol. The highest BCUT2D eigenvalue weighted by Crippen LogP contribution is 2.20. The van der Waals surface area contributed by atoms with Crippen molar-refractivity contribution in [1.29, 1.82) is 0 Å². The van der Waals surface area contributed by atoms with Crippen molar-refractivity contribution in [1.82, 2.24) is 14.3 Å². The Hall–Kier alpha value is -1.45. The third-order valence-electron chi connectivity index (χ3n) is 4.39. The lowest BCUT2D eigenvalue weighted by Gasteiger charge is -2.35. The van der Waals surface area contributed by atoms with Crippen molar-refractivity contribution in [3.63, 3.8) is 0 Å². The quantitative estimate of drug-likeness (QED) is 0.745. The van der Waals surface area contributed by atoms with Gasteiger partial charge in [0.1, 0.15) is 18.0 Å². The first-order valence-electron chi connectivity index (χ1n) is 8.47. The van der Waals surface area contributed by atoms with Gasteiger partial charge in [-0.05, 0) is 6.42 Å². The van der Waals surface area contributed by atoms with Crippen molar-refractivity contribution in [2.24, 2.45) is 0 Å². The van der Waals surface area contributed by atoms with Crippen LogP contribution in [-0.4, -0.2) is 80.9 Å². The number of nitrogens with zero attached hydrogens (tertiary/aromatic N) is 5. The summed E-state index contributed by atoms with van der Waals surface area (Å²) in [6.07, 6.45) is 2.23. The minimum Gasteiger partial charge on any atom is -0.378 e. The van der Waals surface area contributed by atoms with E-state index >= 15 is 0 Å². The van der Waals surface area contributed by atoms with E-state index in [1.54, 1.807) is 10.6 Å². The Kier molecular flexibility index (Phi) is 5.52. The van der Waals surface area contributed by atoms with Crippen LogP contribution in [0.1, 0.15) is 13.3 Å². The molecule has 8 nitrogen and oxygen atoms in total.